The van der Waals surface area contributed by atoms with Gasteiger partial charge < -0.3 is 10.1 Å². The smallest absolute Gasteiger partial charge is 0.252 e. The molecule has 1 aliphatic rings. The van der Waals surface area contributed by atoms with E-state index in [9.17, 15) is 13.2 Å². The Kier molecular flexibility index (Phi) is 6.41. The average molecular weight is 457 g/mol. The largest absolute Gasteiger partial charge is 0.455 e. The lowest BCUT2D eigenvalue weighted by Crippen LogP contribution is -2.43. The van der Waals surface area contributed by atoms with E-state index in [2.05, 4.69) is 5.32 Å². The second-order valence-electron chi connectivity index (χ2n) is 7.53. The maximum absolute atomic E-state index is 13.0. The summed E-state index contributed by atoms with van der Waals surface area (Å²) in [5.74, 6) is 0.596. The highest BCUT2D eigenvalue weighted by molar-refractivity contribution is 7.91. The minimum absolute atomic E-state index is 0.174. The number of anilines is 1. The molecular weight excluding hydrogens is 432 g/mol. The molecule has 1 N–H and O–H groups in total. The third-order valence-corrected chi connectivity index (χ3v) is 8.48. The Morgan fingerprint density at radius 1 is 1.10 bits per heavy atom. The first kappa shape index (κ1) is 21.5. The SMILES string of the molecule is Cc1ccc(Oc2ccccc2NC(=O)C2CCCN(S(=O)(=O)c3cccs3)C2)cc1. The molecule has 0 spiro atoms. The zero-order chi connectivity index (χ0) is 21.8. The molecule has 6 nitrogen and oxygen atoms in total. The van der Waals surface area contributed by atoms with Crippen molar-refractivity contribution >= 4 is 33.0 Å². The van der Waals surface area contributed by atoms with Gasteiger partial charge in [0.25, 0.3) is 10.0 Å². The van der Waals surface area contributed by atoms with E-state index in [4.69, 9.17) is 4.74 Å². The van der Waals surface area contributed by atoms with Crippen LogP contribution in [0, 0.1) is 12.8 Å². The highest BCUT2D eigenvalue weighted by Crippen LogP contribution is 2.31. The van der Waals surface area contributed by atoms with Crippen LogP contribution in [0.5, 0.6) is 11.5 Å². The third kappa shape index (κ3) is 4.98. The molecule has 1 fully saturated rings. The zero-order valence-electron chi connectivity index (χ0n) is 17.2. The number of aryl methyl sites for hydroxylation is 1. The minimum atomic E-state index is -3.56. The summed E-state index contributed by atoms with van der Waals surface area (Å²) in [6.45, 7) is 2.61. The molecule has 0 radical (unpaired) electrons. The second kappa shape index (κ2) is 9.21. The Labute approximate surface area is 186 Å². The maximum atomic E-state index is 13.0. The van der Waals surface area contributed by atoms with Crippen molar-refractivity contribution in [3.8, 4) is 11.5 Å². The second-order valence-corrected chi connectivity index (χ2v) is 10.6. The van der Waals surface area contributed by atoms with Crippen molar-refractivity contribution in [1.29, 1.82) is 0 Å². The van der Waals surface area contributed by atoms with E-state index >= 15 is 0 Å². The van der Waals surface area contributed by atoms with Crippen molar-refractivity contribution in [3.63, 3.8) is 0 Å². The van der Waals surface area contributed by atoms with Gasteiger partial charge >= 0.3 is 0 Å². The fourth-order valence-corrected chi connectivity index (χ4v) is 6.21. The molecule has 1 aromatic heterocycles. The molecule has 3 aromatic rings. The van der Waals surface area contributed by atoms with Crippen LogP contribution in [0.15, 0.2) is 70.3 Å². The molecule has 2 heterocycles. The molecule has 1 aliphatic heterocycles. The Morgan fingerprint density at radius 2 is 1.87 bits per heavy atom. The molecule has 0 aliphatic carbocycles. The van der Waals surface area contributed by atoms with E-state index in [1.807, 2.05) is 43.3 Å². The van der Waals surface area contributed by atoms with Crippen LogP contribution in [0.3, 0.4) is 0 Å². The zero-order valence-corrected chi connectivity index (χ0v) is 18.8. The fourth-order valence-electron chi connectivity index (χ4n) is 3.54. The molecule has 0 saturated carbocycles. The van der Waals surface area contributed by atoms with Gasteiger partial charge in [0.2, 0.25) is 5.91 Å². The summed E-state index contributed by atoms with van der Waals surface area (Å²) in [5.41, 5.74) is 1.69. The van der Waals surface area contributed by atoms with Crippen molar-refractivity contribution in [2.24, 2.45) is 5.92 Å². The van der Waals surface area contributed by atoms with Crippen molar-refractivity contribution in [1.82, 2.24) is 4.31 Å². The number of carbonyl (C=O) groups excluding carboxylic acids is 1. The van der Waals surface area contributed by atoms with Crippen molar-refractivity contribution in [2.45, 2.75) is 24.0 Å². The van der Waals surface area contributed by atoms with Crippen molar-refractivity contribution in [3.05, 3.63) is 71.6 Å². The Bertz CT molecular complexity index is 1140. The molecule has 1 atom stereocenters. The number of rotatable bonds is 6. The normalized spacial score (nSPS) is 17.3. The van der Waals surface area contributed by atoms with Crippen LogP contribution in [0.2, 0.25) is 0 Å². The number of nitrogens with zero attached hydrogens (tertiary/aromatic N) is 1. The number of carbonyl (C=O) groups is 1. The molecule has 162 valence electrons. The van der Waals surface area contributed by atoms with Crippen LogP contribution in [0.4, 0.5) is 5.69 Å². The maximum Gasteiger partial charge on any atom is 0.252 e. The number of hydrogen-bond acceptors (Lipinski definition) is 5. The summed E-state index contributed by atoms with van der Waals surface area (Å²) >= 11 is 1.19. The van der Waals surface area contributed by atoms with Gasteiger partial charge in [-0.1, -0.05) is 35.9 Å². The van der Waals surface area contributed by atoms with E-state index in [0.717, 1.165) is 5.56 Å². The molecule has 1 amide bonds. The predicted octanol–water partition coefficient (Wildman–Crippen LogP) is 4.89. The van der Waals surface area contributed by atoms with Gasteiger partial charge in [0, 0.05) is 13.1 Å². The van der Waals surface area contributed by atoms with Gasteiger partial charge in [0.1, 0.15) is 9.96 Å². The summed E-state index contributed by atoms with van der Waals surface area (Å²) in [6, 6.07) is 18.2. The molecule has 31 heavy (non-hydrogen) atoms. The summed E-state index contributed by atoms with van der Waals surface area (Å²) in [4.78, 5) is 13.0. The number of nitrogens with one attached hydrogen (secondary N) is 1. The lowest BCUT2D eigenvalue weighted by atomic mass is 9.98. The number of thiophene rings is 1. The number of ether oxygens (including phenoxy) is 1. The quantitative estimate of drug-likeness (QED) is 0.573. The van der Waals surface area contributed by atoms with Crippen LogP contribution >= 0.6 is 11.3 Å². The summed E-state index contributed by atoms with van der Waals surface area (Å²) in [7, 11) is -3.56. The average Bonchev–Trinajstić information content (AvgIpc) is 3.33. The van der Waals surface area contributed by atoms with Gasteiger partial charge in [-0.2, -0.15) is 4.31 Å². The van der Waals surface area contributed by atoms with Gasteiger partial charge in [-0.15, -0.1) is 11.3 Å². The van der Waals surface area contributed by atoms with Gasteiger partial charge in [-0.05, 0) is 55.5 Å². The topological polar surface area (TPSA) is 75.7 Å². The monoisotopic (exact) mass is 456 g/mol. The highest BCUT2D eigenvalue weighted by atomic mass is 32.2. The molecule has 2 aromatic carbocycles. The first-order valence-corrected chi connectivity index (χ1v) is 12.4. The van der Waals surface area contributed by atoms with Gasteiger partial charge in [-0.25, -0.2) is 8.42 Å². The molecule has 8 heteroatoms. The summed E-state index contributed by atoms with van der Waals surface area (Å²) in [6.07, 6.45) is 1.29. The first-order chi connectivity index (χ1) is 14.9. The predicted molar refractivity (Wildman–Crippen MR) is 122 cm³/mol. The Morgan fingerprint density at radius 3 is 2.61 bits per heavy atom. The molecule has 1 saturated heterocycles. The Balaban J connectivity index is 1.46. The van der Waals surface area contributed by atoms with Gasteiger partial charge in [-0.3, -0.25) is 4.79 Å². The van der Waals surface area contributed by atoms with Gasteiger partial charge in [0.05, 0.1) is 11.6 Å². The van der Waals surface area contributed by atoms with Crippen LogP contribution in [-0.4, -0.2) is 31.7 Å². The first-order valence-electron chi connectivity index (χ1n) is 10.1. The summed E-state index contributed by atoms with van der Waals surface area (Å²) in [5, 5.41) is 4.68. The standard InChI is InChI=1S/C23H24N2O4S2/c1-17-10-12-19(13-11-17)29-21-8-3-2-7-20(21)24-23(26)18-6-4-14-25(16-18)31(27,28)22-9-5-15-30-22/h2-3,5,7-13,15,18H,4,6,14,16H2,1H3,(H,24,26). The van der Waals surface area contributed by atoms with E-state index in [1.54, 1.807) is 29.6 Å². The Hall–Kier alpha value is -2.68. The van der Waals surface area contributed by atoms with E-state index in [1.165, 1.54) is 15.6 Å². The molecule has 1 unspecified atom stereocenters. The van der Waals surface area contributed by atoms with Crippen molar-refractivity contribution < 1.29 is 17.9 Å². The van der Waals surface area contributed by atoms with E-state index in [-0.39, 0.29) is 12.5 Å². The summed E-state index contributed by atoms with van der Waals surface area (Å²) < 4.78 is 33.4. The van der Waals surface area contributed by atoms with E-state index < -0.39 is 15.9 Å². The number of para-hydroxylation sites is 2. The molecule has 0 bridgehead atoms. The van der Waals surface area contributed by atoms with Crippen LogP contribution in [0.25, 0.3) is 0 Å². The third-order valence-electron chi connectivity index (χ3n) is 5.24. The number of amides is 1. The number of sulfonamides is 1. The number of hydrogen-bond donors (Lipinski definition) is 1. The van der Waals surface area contributed by atoms with Crippen LogP contribution in [-0.2, 0) is 14.8 Å². The van der Waals surface area contributed by atoms with Crippen LogP contribution < -0.4 is 10.1 Å². The lowest BCUT2D eigenvalue weighted by molar-refractivity contribution is -0.120. The number of benzene rings is 2. The minimum Gasteiger partial charge on any atom is -0.455 e. The highest BCUT2D eigenvalue weighted by Gasteiger charge is 2.34. The van der Waals surface area contributed by atoms with E-state index in [0.29, 0.717) is 40.8 Å². The van der Waals surface area contributed by atoms with Gasteiger partial charge in [0.15, 0.2) is 5.75 Å². The van der Waals surface area contributed by atoms with Crippen molar-refractivity contribution in [2.75, 3.05) is 18.4 Å². The molecular formula is C23H24N2O4S2. The van der Waals surface area contributed by atoms with Crippen LogP contribution in [0.1, 0.15) is 18.4 Å². The molecule has 4 rings (SSSR count). The fraction of sp³-hybridized carbons (Fsp3) is 0.261. The number of piperidine rings is 1. The lowest BCUT2D eigenvalue weighted by Gasteiger charge is -2.30.